The summed E-state index contributed by atoms with van der Waals surface area (Å²) in [5, 5.41) is 12.2. The number of allylic oxidation sites excluding steroid dienone is 1. The van der Waals surface area contributed by atoms with E-state index in [1.165, 1.54) is 13.2 Å². The summed E-state index contributed by atoms with van der Waals surface area (Å²) in [4.78, 5) is 24.3. The molecule has 0 aromatic heterocycles. The SMILES string of the molecule is C=CCc1cc(/C=C(/C#N)C(=O)Nc2cccc(Br)c2)cc(OC)c1OCC(=O)OCC. The molecular formula is C24H23BrN2O5. The fourth-order valence-electron chi connectivity index (χ4n) is 2.80. The highest BCUT2D eigenvalue weighted by Gasteiger charge is 2.16. The first kappa shape index (κ1) is 24.7. The van der Waals surface area contributed by atoms with Gasteiger partial charge in [-0.05, 0) is 55.3 Å². The lowest BCUT2D eigenvalue weighted by molar-refractivity contribution is -0.145. The molecule has 0 spiro atoms. The number of halogens is 1. The first-order valence-electron chi connectivity index (χ1n) is 9.70. The van der Waals surface area contributed by atoms with Gasteiger partial charge >= 0.3 is 5.97 Å². The van der Waals surface area contributed by atoms with Gasteiger partial charge in [-0.15, -0.1) is 6.58 Å². The van der Waals surface area contributed by atoms with E-state index in [-0.39, 0.29) is 18.8 Å². The van der Waals surface area contributed by atoms with Gasteiger partial charge in [-0.25, -0.2) is 4.79 Å². The average Bonchev–Trinajstić information content (AvgIpc) is 2.76. The predicted octanol–water partition coefficient (Wildman–Crippen LogP) is 4.67. The first-order valence-corrected chi connectivity index (χ1v) is 10.5. The Bertz CT molecular complexity index is 1070. The molecular weight excluding hydrogens is 476 g/mol. The molecule has 0 atom stereocenters. The highest BCUT2D eigenvalue weighted by atomic mass is 79.9. The van der Waals surface area contributed by atoms with Gasteiger partial charge in [0.25, 0.3) is 5.91 Å². The van der Waals surface area contributed by atoms with Crippen LogP contribution in [-0.4, -0.2) is 32.2 Å². The topological polar surface area (TPSA) is 97.7 Å². The molecule has 0 radical (unpaired) electrons. The molecule has 32 heavy (non-hydrogen) atoms. The van der Waals surface area contributed by atoms with Crippen LogP contribution in [0.3, 0.4) is 0 Å². The van der Waals surface area contributed by atoms with Gasteiger partial charge in [-0.2, -0.15) is 5.26 Å². The lowest BCUT2D eigenvalue weighted by atomic mass is 10.0. The molecule has 0 heterocycles. The molecule has 8 heteroatoms. The van der Waals surface area contributed by atoms with Crippen LogP contribution < -0.4 is 14.8 Å². The van der Waals surface area contributed by atoms with E-state index in [4.69, 9.17) is 14.2 Å². The summed E-state index contributed by atoms with van der Waals surface area (Å²) in [5.41, 5.74) is 1.71. The molecule has 0 bridgehead atoms. The lowest BCUT2D eigenvalue weighted by Crippen LogP contribution is -2.16. The Morgan fingerprint density at radius 1 is 1.28 bits per heavy atom. The second-order valence-electron chi connectivity index (χ2n) is 6.43. The molecule has 2 aromatic carbocycles. The second-order valence-corrected chi connectivity index (χ2v) is 7.35. The molecule has 2 rings (SSSR count). The van der Waals surface area contributed by atoms with Crippen molar-refractivity contribution in [1.29, 1.82) is 5.26 Å². The van der Waals surface area contributed by atoms with Crippen molar-refractivity contribution >= 4 is 39.6 Å². The molecule has 0 unspecified atom stereocenters. The zero-order valence-corrected chi connectivity index (χ0v) is 19.4. The molecule has 0 aliphatic heterocycles. The number of carbonyl (C=O) groups excluding carboxylic acids is 2. The standard InChI is InChI=1S/C24H23BrN2O5/c1-4-7-17-10-16(12-21(30-3)23(17)32-15-22(28)31-5-2)11-18(14-26)24(29)27-20-9-6-8-19(25)13-20/h4,6,8-13H,1,5,7,15H2,2-3H3,(H,27,29)/b18-11-. The van der Waals surface area contributed by atoms with Crippen LogP contribution in [0.1, 0.15) is 18.1 Å². The number of hydrogen-bond acceptors (Lipinski definition) is 6. The maximum Gasteiger partial charge on any atom is 0.344 e. The first-order chi connectivity index (χ1) is 15.4. The van der Waals surface area contributed by atoms with Gasteiger partial charge in [0.15, 0.2) is 18.1 Å². The summed E-state index contributed by atoms with van der Waals surface area (Å²) in [6, 6.07) is 12.3. The van der Waals surface area contributed by atoms with E-state index < -0.39 is 11.9 Å². The molecule has 166 valence electrons. The Morgan fingerprint density at radius 3 is 2.69 bits per heavy atom. The van der Waals surface area contributed by atoms with Gasteiger partial charge in [-0.1, -0.05) is 28.1 Å². The zero-order chi connectivity index (χ0) is 23.5. The van der Waals surface area contributed by atoms with Gasteiger partial charge in [0.1, 0.15) is 11.6 Å². The van der Waals surface area contributed by atoms with Crippen LogP contribution in [0.5, 0.6) is 11.5 Å². The number of nitrogens with zero attached hydrogens (tertiary/aromatic N) is 1. The third kappa shape index (κ3) is 7.00. The van der Waals surface area contributed by atoms with Crippen LogP contribution in [0.25, 0.3) is 6.08 Å². The molecule has 0 saturated carbocycles. The van der Waals surface area contributed by atoms with E-state index >= 15 is 0 Å². The molecule has 0 aliphatic carbocycles. The molecule has 1 amide bonds. The Balaban J connectivity index is 2.35. The maximum absolute atomic E-state index is 12.6. The fourth-order valence-corrected chi connectivity index (χ4v) is 3.20. The third-order valence-corrected chi connectivity index (χ3v) is 4.63. The van der Waals surface area contributed by atoms with Gasteiger partial charge < -0.3 is 19.5 Å². The number of carbonyl (C=O) groups is 2. The lowest BCUT2D eigenvalue weighted by Gasteiger charge is -2.15. The highest BCUT2D eigenvalue weighted by Crippen LogP contribution is 2.34. The predicted molar refractivity (Wildman–Crippen MR) is 125 cm³/mol. The second kappa shape index (κ2) is 12.3. The molecule has 1 N–H and O–H groups in total. The Kier molecular flexibility index (Phi) is 9.51. The minimum Gasteiger partial charge on any atom is -0.493 e. The van der Waals surface area contributed by atoms with Crippen molar-refractivity contribution in [3.63, 3.8) is 0 Å². The van der Waals surface area contributed by atoms with Crippen LogP contribution in [0.2, 0.25) is 0 Å². The van der Waals surface area contributed by atoms with Crippen molar-refractivity contribution in [3.8, 4) is 17.6 Å². The number of ether oxygens (including phenoxy) is 3. The number of esters is 1. The molecule has 2 aromatic rings. The third-order valence-electron chi connectivity index (χ3n) is 4.14. The van der Waals surface area contributed by atoms with Crippen LogP contribution in [0.15, 0.2) is 59.1 Å². The number of benzene rings is 2. The number of methoxy groups -OCH3 is 1. The summed E-state index contributed by atoms with van der Waals surface area (Å²) in [7, 11) is 1.46. The van der Waals surface area contributed by atoms with E-state index in [0.29, 0.717) is 34.7 Å². The van der Waals surface area contributed by atoms with Crippen molar-refractivity contribution in [2.75, 3.05) is 25.6 Å². The van der Waals surface area contributed by atoms with Crippen LogP contribution >= 0.6 is 15.9 Å². The van der Waals surface area contributed by atoms with E-state index in [9.17, 15) is 14.9 Å². The van der Waals surface area contributed by atoms with Crippen LogP contribution in [0.4, 0.5) is 5.69 Å². The number of anilines is 1. The monoisotopic (exact) mass is 498 g/mol. The highest BCUT2D eigenvalue weighted by molar-refractivity contribution is 9.10. The molecule has 0 saturated heterocycles. The van der Waals surface area contributed by atoms with Crippen molar-refractivity contribution in [1.82, 2.24) is 0 Å². The normalized spacial score (nSPS) is 10.6. The van der Waals surface area contributed by atoms with Gasteiger partial charge in [-0.3, -0.25) is 4.79 Å². The molecule has 7 nitrogen and oxygen atoms in total. The van der Waals surface area contributed by atoms with E-state index in [2.05, 4.69) is 27.8 Å². The smallest absolute Gasteiger partial charge is 0.344 e. The van der Waals surface area contributed by atoms with Crippen molar-refractivity contribution in [2.45, 2.75) is 13.3 Å². The Labute approximate surface area is 195 Å². The zero-order valence-electron chi connectivity index (χ0n) is 17.8. The van der Waals surface area contributed by atoms with Crippen molar-refractivity contribution < 1.29 is 23.8 Å². The summed E-state index contributed by atoms with van der Waals surface area (Å²) in [6.07, 6.45) is 3.55. The molecule has 0 fully saturated rings. The van der Waals surface area contributed by atoms with Gasteiger partial charge in [0, 0.05) is 15.7 Å². The van der Waals surface area contributed by atoms with Crippen LogP contribution in [0, 0.1) is 11.3 Å². The van der Waals surface area contributed by atoms with Crippen molar-refractivity contribution in [3.05, 3.63) is 70.2 Å². The summed E-state index contributed by atoms with van der Waals surface area (Å²) in [6.45, 7) is 5.43. The summed E-state index contributed by atoms with van der Waals surface area (Å²) in [5.74, 6) is -0.323. The summed E-state index contributed by atoms with van der Waals surface area (Å²) < 4.78 is 16.7. The van der Waals surface area contributed by atoms with E-state index in [0.717, 1.165) is 4.47 Å². The number of hydrogen-bond donors (Lipinski definition) is 1. The molecule has 0 aliphatic rings. The minimum absolute atomic E-state index is 0.0863. The Morgan fingerprint density at radius 2 is 2.06 bits per heavy atom. The number of amides is 1. The van der Waals surface area contributed by atoms with Crippen LogP contribution in [-0.2, 0) is 20.7 Å². The maximum atomic E-state index is 12.6. The van der Waals surface area contributed by atoms with Gasteiger partial charge in [0.2, 0.25) is 0 Å². The summed E-state index contributed by atoms with van der Waals surface area (Å²) >= 11 is 3.34. The van der Waals surface area contributed by atoms with E-state index in [1.807, 2.05) is 12.1 Å². The Hall–Kier alpha value is -3.57. The van der Waals surface area contributed by atoms with E-state index in [1.54, 1.807) is 43.3 Å². The number of rotatable bonds is 10. The van der Waals surface area contributed by atoms with Crippen molar-refractivity contribution in [2.24, 2.45) is 0 Å². The minimum atomic E-state index is -0.544. The number of nitriles is 1. The average molecular weight is 499 g/mol. The quantitative estimate of drug-likeness (QED) is 0.221. The van der Waals surface area contributed by atoms with Gasteiger partial charge in [0.05, 0.1) is 13.7 Å². The number of nitrogens with one attached hydrogen (secondary N) is 1. The largest absolute Gasteiger partial charge is 0.493 e. The fraction of sp³-hybridized carbons (Fsp3) is 0.208.